The molecule has 0 heterocycles. The number of likely N-dealkylation sites (N-methyl/N-ethyl adjacent to an activating group) is 1. The Hall–Kier alpha value is -3.43. The number of nitrogens with zero attached hydrogens (tertiary/aromatic N) is 2. The van der Waals surface area contributed by atoms with E-state index in [1.807, 2.05) is 6.92 Å². The number of aryl methyl sites for hydroxylation is 1. The van der Waals surface area contributed by atoms with Gasteiger partial charge in [-0.2, -0.15) is 0 Å². The number of halogens is 2. The monoisotopic (exact) mass is 559 g/mol. The molecule has 3 aromatic carbocycles. The molecule has 0 aliphatic rings. The molecular formula is C28H31ClFN3O4S. The quantitative estimate of drug-likeness (QED) is 0.385. The highest BCUT2D eigenvalue weighted by molar-refractivity contribution is 7.92. The Kier molecular flexibility index (Phi) is 9.51. The lowest BCUT2D eigenvalue weighted by Crippen LogP contribution is -2.51. The summed E-state index contributed by atoms with van der Waals surface area (Å²) < 4.78 is 43.2. The third kappa shape index (κ3) is 6.52. The Bertz CT molecular complexity index is 1410. The van der Waals surface area contributed by atoms with E-state index >= 15 is 0 Å². The Morgan fingerprint density at radius 1 is 1.00 bits per heavy atom. The van der Waals surface area contributed by atoms with E-state index in [4.69, 9.17) is 11.6 Å². The highest BCUT2D eigenvalue weighted by Gasteiger charge is 2.33. The minimum absolute atomic E-state index is 0.00676. The average Bonchev–Trinajstić information content (AvgIpc) is 2.88. The van der Waals surface area contributed by atoms with Gasteiger partial charge in [0.05, 0.1) is 10.6 Å². The molecule has 0 aromatic heterocycles. The molecule has 0 aliphatic carbocycles. The second-order valence-electron chi connectivity index (χ2n) is 8.89. The van der Waals surface area contributed by atoms with E-state index in [1.165, 1.54) is 42.2 Å². The van der Waals surface area contributed by atoms with Gasteiger partial charge in [0.2, 0.25) is 11.8 Å². The maximum atomic E-state index is 14.5. The van der Waals surface area contributed by atoms with Crippen LogP contribution < -0.4 is 9.62 Å². The number of nitrogens with one attached hydrogen (secondary N) is 1. The first-order valence-electron chi connectivity index (χ1n) is 12.1. The Labute approximate surface area is 228 Å². The summed E-state index contributed by atoms with van der Waals surface area (Å²) in [5, 5.41) is 3.00. The molecule has 0 aliphatic heterocycles. The van der Waals surface area contributed by atoms with Gasteiger partial charge in [0, 0.05) is 23.7 Å². The molecule has 3 rings (SSSR count). The van der Waals surface area contributed by atoms with Gasteiger partial charge >= 0.3 is 0 Å². The Morgan fingerprint density at radius 2 is 1.66 bits per heavy atom. The van der Waals surface area contributed by atoms with Gasteiger partial charge in [-0.15, -0.1) is 0 Å². The van der Waals surface area contributed by atoms with Crippen LogP contribution in [0.15, 0.2) is 71.6 Å². The van der Waals surface area contributed by atoms with Gasteiger partial charge < -0.3 is 10.2 Å². The van der Waals surface area contributed by atoms with Crippen molar-refractivity contribution in [1.29, 1.82) is 0 Å². The molecule has 0 fully saturated rings. The smallest absolute Gasteiger partial charge is 0.264 e. The van der Waals surface area contributed by atoms with E-state index in [1.54, 1.807) is 50.2 Å². The highest BCUT2D eigenvalue weighted by Crippen LogP contribution is 2.31. The van der Waals surface area contributed by atoms with Gasteiger partial charge in [-0.1, -0.05) is 53.6 Å². The summed E-state index contributed by atoms with van der Waals surface area (Å²) in [4.78, 5) is 27.7. The van der Waals surface area contributed by atoms with Crippen molar-refractivity contribution in [3.63, 3.8) is 0 Å². The van der Waals surface area contributed by atoms with Crippen LogP contribution in [0, 0.1) is 19.7 Å². The number of hydrogen-bond donors (Lipinski definition) is 1. The van der Waals surface area contributed by atoms with Crippen LogP contribution in [0.25, 0.3) is 0 Å². The summed E-state index contributed by atoms with van der Waals surface area (Å²) in [5.41, 5.74) is 1.76. The number of anilines is 1. The molecule has 0 radical (unpaired) electrons. The molecule has 38 heavy (non-hydrogen) atoms. The first kappa shape index (κ1) is 29.1. The standard InChI is InChI=1S/C28H31ClFN3O4S/c1-5-31-28(35)21(4)32(17-22-9-6-7-11-25(22)30)27(34)18-33(26-12-8-10-24(29)20(26)3)38(36,37)23-15-13-19(2)14-16-23/h6-16,21H,5,17-18H2,1-4H3,(H,31,35)/t21-/m1/s1. The van der Waals surface area contributed by atoms with Gasteiger partial charge in [0.25, 0.3) is 10.0 Å². The minimum Gasteiger partial charge on any atom is -0.355 e. The van der Waals surface area contributed by atoms with Gasteiger partial charge in [0.15, 0.2) is 0 Å². The molecule has 1 atom stereocenters. The van der Waals surface area contributed by atoms with E-state index in [0.29, 0.717) is 17.1 Å². The SMILES string of the molecule is CCNC(=O)[C@@H](C)N(Cc1ccccc1F)C(=O)CN(c1cccc(Cl)c1C)S(=O)(=O)c1ccc(C)cc1. The second-order valence-corrected chi connectivity index (χ2v) is 11.2. The lowest BCUT2D eigenvalue weighted by molar-refractivity contribution is -0.139. The molecule has 1 N–H and O–H groups in total. The van der Waals surface area contributed by atoms with E-state index in [9.17, 15) is 22.4 Å². The van der Waals surface area contributed by atoms with E-state index in [0.717, 1.165) is 9.87 Å². The summed E-state index contributed by atoms with van der Waals surface area (Å²) in [5.74, 6) is -1.66. The average molecular weight is 560 g/mol. The van der Waals surface area contributed by atoms with Crippen molar-refractivity contribution in [1.82, 2.24) is 10.2 Å². The highest BCUT2D eigenvalue weighted by atomic mass is 35.5. The van der Waals surface area contributed by atoms with Crippen LogP contribution in [0.1, 0.15) is 30.5 Å². The van der Waals surface area contributed by atoms with Crippen molar-refractivity contribution in [3.8, 4) is 0 Å². The van der Waals surface area contributed by atoms with Crippen LogP contribution in [0.5, 0.6) is 0 Å². The maximum absolute atomic E-state index is 14.5. The number of benzene rings is 3. The second kappa shape index (κ2) is 12.4. The molecule has 7 nitrogen and oxygen atoms in total. The Balaban J connectivity index is 2.09. The minimum atomic E-state index is -4.22. The van der Waals surface area contributed by atoms with Crippen molar-refractivity contribution in [3.05, 3.63) is 94.3 Å². The molecular weight excluding hydrogens is 529 g/mol. The van der Waals surface area contributed by atoms with Crippen LogP contribution in [-0.4, -0.2) is 44.3 Å². The predicted octanol–water partition coefficient (Wildman–Crippen LogP) is 4.84. The molecule has 0 unspecified atom stereocenters. The summed E-state index contributed by atoms with van der Waals surface area (Å²) in [6.45, 7) is 6.24. The normalized spacial score (nSPS) is 12.1. The summed E-state index contributed by atoms with van der Waals surface area (Å²) in [6, 6.07) is 16.0. The predicted molar refractivity (Wildman–Crippen MR) is 147 cm³/mol. The maximum Gasteiger partial charge on any atom is 0.264 e. The van der Waals surface area contributed by atoms with Gasteiger partial charge in [-0.05, 0) is 63.6 Å². The van der Waals surface area contributed by atoms with Gasteiger partial charge in [0.1, 0.15) is 18.4 Å². The number of amides is 2. The number of carbonyl (C=O) groups is 2. The molecule has 0 bridgehead atoms. The third-order valence-electron chi connectivity index (χ3n) is 6.21. The van der Waals surface area contributed by atoms with E-state index in [2.05, 4.69) is 5.32 Å². The molecule has 0 saturated carbocycles. The van der Waals surface area contributed by atoms with Crippen molar-refractivity contribution < 1.29 is 22.4 Å². The molecule has 0 spiro atoms. The fourth-order valence-corrected chi connectivity index (χ4v) is 5.57. The van der Waals surface area contributed by atoms with E-state index in [-0.39, 0.29) is 22.7 Å². The molecule has 0 saturated heterocycles. The van der Waals surface area contributed by atoms with Crippen molar-refractivity contribution in [2.24, 2.45) is 0 Å². The van der Waals surface area contributed by atoms with Crippen molar-refractivity contribution in [2.75, 3.05) is 17.4 Å². The summed E-state index contributed by atoms with van der Waals surface area (Å²) in [7, 11) is -4.22. The number of rotatable bonds is 10. The first-order chi connectivity index (χ1) is 18.0. The van der Waals surface area contributed by atoms with Crippen LogP contribution in [-0.2, 0) is 26.2 Å². The van der Waals surface area contributed by atoms with Crippen LogP contribution in [0.2, 0.25) is 5.02 Å². The molecule has 2 amide bonds. The zero-order valence-electron chi connectivity index (χ0n) is 21.7. The summed E-state index contributed by atoms with van der Waals surface area (Å²) >= 11 is 6.31. The number of carbonyl (C=O) groups excluding carboxylic acids is 2. The zero-order chi connectivity index (χ0) is 28.0. The van der Waals surface area contributed by atoms with Crippen molar-refractivity contribution >= 4 is 39.1 Å². The lowest BCUT2D eigenvalue weighted by Gasteiger charge is -2.32. The van der Waals surface area contributed by atoms with Gasteiger partial charge in [-0.25, -0.2) is 12.8 Å². The Morgan fingerprint density at radius 3 is 2.29 bits per heavy atom. The zero-order valence-corrected chi connectivity index (χ0v) is 23.3. The van der Waals surface area contributed by atoms with Crippen LogP contribution in [0.3, 0.4) is 0 Å². The fraction of sp³-hybridized carbons (Fsp3) is 0.286. The van der Waals surface area contributed by atoms with Crippen molar-refractivity contribution in [2.45, 2.75) is 45.2 Å². The topological polar surface area (TPSA) is 86.8 Å². The first-order valence-corrected chi connectivity index (χ1v) is 13.9. The number of sulfonamides is 1. The summed E-state index contributed by atoms with van der Waals surface area (Å²) in [6.07, 6.45) is 0. The van der Waals surface area contributed by atoms with Gasteiger partial charge in [-0.3, -0.25) is 13.9 Å². The largest absolute Gasteiger partial charge is 0.355 e. The molecule has 202 valence electrons. The number of hydrogen-bond acceptors (Lipinski definition) is 4. The van der Waals surface area contributed by atoms with Crippen LogP contribution >= 0.6 is 11.6 Å². The molecule has 3 aromatic rings. The fourth-order valence-electron chi connectivity index (χ4n) is 3.93. The van der Waals surface area contributed by atoms with Crippen LogP contribution in [0.4, 0.5) is 10.1 Å². The van der Waals surface area contributed by atoms with E-state index < -0.39 is 40.2 Å². The lowest BCUT2D eigenvalue weighted by atomic mass is 10.1. The third-order valence-corrected chi connectivity index (χ3v) is 8.40. The molecule has 10 heteroatoms.